The normalized spacial score (nSPS) is 11.1. The van der Waals surface area contributed by atoms with Gasteiger partial charge in [0.1, 0.15) is 22.8 Å². The van der Waals surface area contributed by atoms with E-state index in [4.69, 9.17) is 18.6 Å². The third kappa shape index (κ3) is 4.24. The SMILES string of the molecule is CCOC(=O)Cc1coc2c(C)c(Oc3ccc(OC)c(C(C)C)c3)c(C)cc12. The Balaban J connectivity index is 1.97. The first-order valence-corrected chi connectivity index (χ1v) is 9.87. The van der Waals surface area contributed by atoms with Gasteiger partial charge in [0, 0.05) is 22.1 Å². The van der Waals surface area contributed by atoms with Crippen LogP contribution in [0.4, 0.5) is 0 Å². The van der Waals surface area contributed by atoms with Crippen LogP contribution in [0.25, 0.3) is 11.0 Å². The van der Waals surface area contributed by atoms with Crippen LogP contribution in [0.1, 0.15) is 48.9 Å². The van der Waals surface area contributed by atoms with Gasteiger partial charge in [-0.3, -0.25) is 4.79 Å². The number of hydrogen-bond donors (Lipinski definition) is 0. The van der Waals surface area contributed by atoms with Gasteiger partial charge in [-0.05, 0) is 56.5 Å². The van der Waals surface area contributed by atoms with Crippen LogP contribution in [0.2, 0.25) is 0 Å². The highest BCUT2D eigenvalue weighted by Crippen LogP contribution is 2.38. The Kier molecular flexibility index (Phi) is 6.16. The van der Waals surface area contributed by atoms with E-state index >= 15 is 0 Å². The third-order valence-electron chi connectivity index (χ3n) is 4.99. The smallest absolute Gasteiger partial charge is 0.310 e. The maximum absolute atomic E-state index is 11.9. The van der Waals surface area contributed by atoms with Crippen LogP contribution >= 0.6 is 0 Å². The fraction of sp³-hybridized carbons (Fsp3) is 0.375. The molecule has 0 amide bonds. The summed E-state index contributed by atoms with van der Waals surface area (Å²) >= 11 is 0. The van der Waals surface area contributed by atoms with Crippen molar-refractivity contribution in [2.45, 2.75) is 47.0 Å². The highest BCUT2D eigenvalue weighted by molar-refractivity contribution is 5.90. The second-order valence-electron chi connectivity index (χ2n) is 7.43. The van der Waals surface area contributed by atoms with Gasteiger partial charge in [-0.25, -0.2) is 0 Å². The van der Waals surface area contributed by atoms with E-state index < -0.39 is 0 Å². The zero-order chi connectivity index (χ0) is 21.1. The van der Waals surface area contributed by atoms with Crippen molar-refractivity contribution in [1.82, 2.24) is 0 Å². The lowest BCUT2D eigenvalue weighted by Crippen LogP contribution is -2.07. The molecular formula is C24H28O5. The molecule has 0 atom stereocenters. The number of fused-ring (bicyclic) bond motifs is 1. The summed E-state index contributed by atoms with van der Waals surface area (Å²) in [6, 6.07) is 7.85. The molecule has 0 bridgehead atoms. The molecule has 1 aromatic heterocycles. The van der Waals surface area contributed by atoms with Gasteiger partial charge in [0.2, 0.25) is 0 Å². The fourth-order valence-electron chi connectivity index (χ4n) is 3.54. The van der Waals surface area contributed by atoms with Gasteiger partial charge < -0.3 is 18.6 Å². The van der Waals surface area contributed by atoms with E-state index in [1.807, 2.05) is 38.1 Å². The van der Waals surface area contributed by atoms with Crippen LogP contribution in [0.3, 0.4) is 0 Å². The molecule has 0 aliphatic heterocycles. The highest BCUT2D eigenvalue weighted by atomic mass is 16.5. The summed E-state index contributed by atoms with van der Waals surface area (Å²) in [7, 11) is 1.68. The Hall–Kier alpha value is -2.95. The largest absolute Gasteiger partial charge is 0.496 e. The molecule has 0 saturated heterocycles. The van der Waals surface area contributed by atoms with Crippen LogP contribution in [0.5, 0.6) is 17.2 Å². The van der Waals surface area contributed by atoms with Crippen molar-refractivity contribution in [1.29, 1.82) is 0 Å². The Morgan fingerprint density at radius 2 is 1.93 bits per heavy atom. The van der Waals surface area contributed by atoms with E-state index in [9.17, 15) is 4.79 Å². The number of ether oxygens (including phenoxy) is 3. The molecule has 5 heteroatoms. The van der Waals surface area contributed by atoms with E-state index in [1.54, 1.807) is 20.3 Å². The predicted molar refractivity (Wildman–Crippen MR) is 113 cm³/mol. The van der Waals surface area contributed by atoms with Crippen LogP contribution in [-0.2, 0) is 16.0 Å². The Morgan fingerprint density at radius 3 is 2.59 bits per heavy atom. The minimum absolute atomic E-state index is 0.191. The fourth-order valence-corrected chi connectivity index (χ4v) is 3.54. The minimum atomic E-state index is -0.259. The molecule has 0 aliphatic rings. The van der Waals surface area contributed by atoms with Crippen molar-refractivity contribution in [2.24, 2.45) is 0 Å². The summed E-state index contributed by atoms with van der Waals surface area (Å²) in [5, 5.41) is 0.915. The van der Waals surface area contributed by atoms with E-state index in [1.165, 1.54) is 0 Å². The topological polar surface area (TPSA) is 57.9 Å². The summed E-state index contributed by atoms with van der Waals surface area (Å²) < 4.78 is 22.6. The number of carbonyl (C=O) groups excluding carboxylic acids is 1. The summed E-state index contributed by atoms with van der Waals surface area (Å²) in [5.74, 6) is 2.41. The van der Waals surface area contributed by atoms with Crippen LogP contribution < -0.4 is 9.47 Å². The van der Waals surface area contributed by atoms with Crippen molar-refractivity contribution in [3.05, 3.63) is 52.8 Å². The average Bonchev–Trinajstić information content (AvgIpc) is 3.07. The molecule has 0 spiro atoms. The average molecular weight is 396 g/mol. The van der Waals surface area contributed by atoms with Gasteiger partial charge in [-0.2, -0.15) is 0 Å². The van der Waals surface area contributed by atoms with Crippen molar-refractivity contribution >= 4 is 16.9 Å². The molecule has 0 saturated carbocycles. The lowest BCUT2D eigenvalue weighted by Gasteiger charge is -2.16. The summed E-state index contributed by atoms with van der Waals surface area (Å²) in [6.07, 6.45) is 1.82. The molecule has 5 nitrogen and oxygen atoms in total. The van der Waals surface area contributed by atoms with E-state index in [2.05, 4.69) is 13.8 Å². The summed E-state index contributed by atoms with van der Waals surface area (Å²) in [5.41, 5.74) is 4.52. The molecule has 3 rings (SSSR count). The lowest BCUT2D eigenvalue weighted by molar-refractivity contribution is -0.142. The van der Waals surface area contributed by atoms with E-state index in [0.717, 1.165) is 50.5 Å². The highest BCUT2D eigenvalue weighted by Gasteiger charge is 2.18. The standard InChI is InChI=1S/C24H28O5/c1-7-27-22(25)11-17-13-28-24-16(5)23(15(4)10-20(17)24)29-18-8-9-21(26-6)19(12-18)14(2)3/h8-10,12-14H,7,11H2,1-6H3. The number of esters is 1. The monoisotopic (exact) mass is 396 g/mol. The number of hydrogen-bond acceptors (Lipinski definition) is 5. The van der Waals surface area contributed by atoms with Gasteiger partial charge in [0.05, 0.1) is 26.4 Å². The molecule has 0 N–H and O–H groups in total. The van der Waals surface area contributed by atoms with Crippen LogP contribution in [0, 0.1) is 13.8 Å². The third-order valence-corrected chi connectivity index (χ3v) is 4.99. The maximum Gasteiger partial charge on any atom is 0.310 e. The minimum Gasteiger partial charge on any atom is -0.496 e. The van der Waals surface area contributed by atoms with Crippen molar-refractivity contribution in [2.75, 3.05) is 13.7 Å². The van der Waals surface area contributed by atoms with Crippen LogP contribution in [-0.4, -0.2) is 19.7 Å². The van der Waals surface area contributed by atoms with Crippen molar-refractivity contribution in [3.8, 4) is 17.2 Å². The lowest BCUT2D eigenvalue weighted by atomic mass is 10.0. The number of benzene rings is 2. The number of furan rings is 1. The molecule has 0 aliphatic carbocycles. The van der Waals surface area contributed by atoms with Gasteiger partial charge in [0.25, 0.3) is 0 Å². The Morgan fingerprint density at radius 1 is 1.17 bits per heavy atom. The number of rotatable bonds is 7. The van der Waals surface area contributed by atoms with E-state index in [0.29, 0.717) is 12.5 Å². The first-order chi connectivity index (χ1) is 13.8. The summed E-state index contributed by atoms with van der Waals surface area (Å²) in [6.45, 7) is 10.4. The molecule has 154 valence electrons. The zero-order valence-electron chi connectivity index (χ0n) is 17.9. The zero-order valence-corrected chi connectivity index (χ0v) is 17.9. The quantitative estimate of drug-likeness (QED) is 0.453. The first-order valence-electron chi connectivity index (χ1n) is 9.87. The number of carbonyl (C=O) groups is 1. The predicted octanol–water partition coefficient (Wildman–Crippen LogP) is 6.08. The number of aryl methyl sites for hydroxylation is 2. The first kappa shape index (κ1) is 20.8. The molecule has 0 fully saturated rings. The van der Waals surface area contributed by atoms with Crippen LogP contribution in [0.15, 0.2) is 34.9 Å². The number of methoxy groups -OCH3 is 1. The molecule has 1 heterocycles. The molecule has 29 heavy (non-hydrogen) atoms. The van der Waals surface area contributed by atoms with Gasteiger partial charge >= 0.3 is 5.97 Å². The van der Waals surface area contributed by atoms with Gasteiger partial charge in [0.15, 0.2) is 0 Å². The van der Waals surface area contributed by atoms with Gasteiger partial charge in [-0.1, -0.05) is 13.8 Å². The molecular weight excluding hydrogens is 368 g/mol. The summed E-state index contributed by atoms with van der Waals surface area (Å²) in [4.78, 5) is 11.9. The second kappa shape index (κ2) is 8.60. The van der Waals surface area contributed by atoms with E-state index in [-0.39, 0.29) is 12.4 Å². The molecule has 0 radical (unpaired) electrons. The Labute approximate surface area is 171 Å². The second-order valence-corrected chi connectivity index (χ2v) is 7.43. The molecule has 0 unspecified atom stereocenters. The molecule has 2 aromatic carbocycles. The van der Waals surface area contributed by atoms with Crippen molar-refractivity contribution in [3.63, 3.8) is 0 Å². The van der Waals surface area contributed by atoms with Crippen molar-refractivity contribution < 1.29 is 23.4 Å². The van der Waals surface area contributed by atoms with Gasteiger partial charge in [-0.15, -0.1) is 0 Å². The maximum atomic E-state index is 11.9. The Bertz CT molecular complexity index is 1030. The molecule has 3 aromatic rings.